The van der Waals surface area contributed by atoms with Gasteiger partial charge in [0.25, 0.3) is 0 Å². The average molecular weight is 278 g/mol. The number of aryl methyl sites for hydroxylation is 1. The van der Waals surface area contributed by atoms with E-state index in [9.17, 15) is 4.79 Å². The van der Waals surface area contributed by atoms with Crippen molar-refractivity contribution >= 4 is 28.8 Å². The molecule has 1 rings (SSSR count). The highest BCUT2D eigenvalue weighted by molar-refractivity contribution is 6.47. The van der Waals surface area contributed by atoms with Gasteiger partial charge in [0.1, 0.15) is 6.07 Å². The van der Waals surface area contributed by atoms with Gasteiger partial charge in [0.15, 0.2) is 5.78 Å². The quantitative estimate of drug-likeness (QED) is 0.679. The van der Waals surface area contributed by atoms with Crippen molar-refractivity contribution in [1.29, 1.82) is 5.26 Å². The lowest BCUT2D eigenvalue weighted by Crippen LogP contribution is -2.28. The predicted molar refractivity (Wildman–Crippen MR) is 77.3 cm³/mol. The molecule has 5 heteroatoms. The third-order valence-electron chi connectivity index (χ3n) is 2.48. The highest BCUT2D eigenvalue weighted by atomic mass is 35.5. The van der Waals surface area contributed by atoms with Crippen LogP contribution < -0.4 is 5.43 Å². The number of hydrazone groups is 1. The molecule has 19 heavy (non-hydrogen) atoms. The average Bonchev–Trinajstić information content (AvgIpc) is 2.30. The highest BCUT2D eigenvalue weighted by Crippen LogP contribution is 2.20. The van der Waals surface area contributed by atoms with E-state index in [0.29, 0.717) is 10.7 Å². The fraction of sp³-hybridized carbons (Fsp3) is 0.357. The molecule has 1 aromatic carbocycles. The Labute approximate surface area is 118 Å². The van der Waals surface area contributed by atoms with Crippen LogP contribution in [0.25, 0.3) is 0 Å². The summed E-state index contributed by atoms with van der Waals surface area (Å²) in [6.07, 6.45) is 0. The molecule has 0 atom stereocenters. The van der Waals surface area contributed by atoms with E-state index < -0.39 is 5.41 Å². The minimum atomic E-state index is -0.634. The van der Waals surface area contributed by atoms with Gasteiger partial charge in [-0.05, 0) is 30.7 Å². The second-order valence-electron chi connectivity index (χ2n) is 5.22. The Kier molecular flexibility index (Phi) is 4.68. The van der Waals surface area contributed by atoms with Crippen molar-refractivity contribution in [3.05, 3.63) is 28.8 Å². The molecule has 0 saturated carbocycles. The SMILES string of the molecule is Cc1cc(Cl)ccc1N/N=C(\C#N)C(=O)C(C)(C)C. The van der Waals surface area contributed by atoms with E-state index in [1.54, 1.807) is 39.0 Å². The molecular weight excluding hydrogens is 262 g/mol. The van der Waals surface area contributed by atoms with Gasteiger partial charge in [-0.25, -0.2) is 0 Å². The van der Waals surface area contributed by atoms with Crippen molar-refractivity contribution < 1.29 is 4.79 Å². The van der Waals surface area contributed by atoms with Crippen molar-refractivity contribution in [2.24, 2.45) is 10.5 Å². The maximum Gasteiger partial charge on any atom is 0.204 e. The van der Waals surface area contributed by atoms with E-state index in [1.807, 2.05) is 13.0 Å². The number of rotatable bonds is 3. The Hall–Kier alpha value is -1.86. The molecule has 4 nitrogen and oxygen atoms in total. The molecule has 0 spiro atoms. The van der Waals surface area contributed by atoms with Gasteiger partial charge in [-0.2, -0.15) is 10.4 Å². The summed E-state index contributed by atoms with van der Waals surface area (Å²) in [5.74, 6) is -0.297. The molecule has 0 bridgehead atoms. The molecule has 1 aromatic rings. The maximum atomic E-state index is 11.9. The number of carbonyl (C=O) groups is 1. The number of carbonyl (C=O) groups excluding carboxylic acids is 1. The van der Waals surface area contributed by atoms with Gasteiger partial charge < -0.3 is 0 Å². The number of halogens is 1. The van der Waals surface area contributed by atoms with Crippen LogP contribution in [-0.4, -0.2) is 11.5 Å². The van der Waals surface area contributed by atoms with Crippen LogP contribution in [0.3, 0.4) is 0 Å². The van der Waals surface area contributed by atoms with E-state index in [-0.39, 0.29) is 11.5 Å². The molecule has 0 aliphatic rings. The summed E-state index contributed by atoms with van der Waals surface area (Å²) in [5.41, 5.74) is 3.55. The summed E-state index contributed by atoms with van der Waals surface area (Å²) < 4.78 is 0. The number of anilines is 1. The second-order valence-corrected chi connectivity index (χ2v) is 5.66. The topological polar surface area (TPSA) is 65.2 Å². The number of ketones is 1. The number of hydrogen-bond donors (Lipinski definition) is 1. The van der Waals surface area contributed by atoms with Crippen LogP contribution in [0.5, 0.6) is 0 Å². The lowest BCUT2D eigenvalue weighted by Gasteiger charge is -2.14. The van der Waals surface area contributed by atoms with Gasteiger partial charge in [0.2, 0.25) is 5.71 Å². The first-order chi connectivity index (χ1) is 8.75. The summed E-state index contributed by atoms with van der Waals surface area (Å²) in [5, 5.41) is 13.5. The lowest BCUT2D eigenvalue weighted by molar-refractivity contribution is -0.119. The molecule has 0 saturated heterocycles. The Balaban J connectivity index is 2.96. The first-order valence-corrected chi connectivity index (χ1v) is 6.18. The third-order valence-corrected chi connectivity index (χ3v) is 2.71. The Morgan fingerprint density at radius 3 is 2.53 bits per heavy atom. The van der Waals surface area contributed by atoms with Crippen molar-refractivity contribution in [3.8, 4) is 6.07 Å². The van der Waals surface area contributed by atoms with Gasteiger partial charge in [-0.3, -0.25) is 10.2 Å². The number of nitriles is 1. The first kappa shape index (κ1) is 15.2. The summed E-state index contributed by atoms with van der Waals surface area (Å²) in [6, 6.07) is 7.06. The molecule has 0 unspecified atom stereocenters. The zero-order chi connectivity index (χ0) is 14.6. The second kappa shape index (κ2) is 5.85. The molecule has 0 aliphatic heterocycles. The van der Waals surface area contributed by atoms with Crippen molar-refractivity contribution in [2.75, 3.05) is 5.43 Å². The fourth-order valence-electron chi connectivity index (χ4n) is 1.35. The smallest absolute Gasteiger partial charge is 0.204 e. The molecule has 0 aromatic heterocycles. The van der Waals surface area contributed by atoms with Gasteiger partial charge in [-0.15, -0.1) is 0 Å². The molecule has 0 fully saturated rings. The Bertz CT molecular complexity index is 565. The zero-order valence-electron chi connectivity index (χ0n) is 11.4. The van der Waals surface area contributed by atoms with Crippen LogP contribution in [0.15, 0.2) is 23.3 Å². The molecular formula is C14H16ClN3O. The lowest BCUT2D eigenvalue weighted by atomic mass is 9.88. The minimum Gasteiger partial charge on any atom is -0.291 e. The Morgan fingerprint density at radius 1 is 1.42 bits per heavy atom. The molecule has 0 heterocycles. The van der Waals surface area contributed by atoms with E-state index in [4.69, 9.17) is 16.9 Å². The normalized spacial score (nSPS) is 11.9. The summed E-state index contributed by atoms with van der Waals surface area (Å²) in [6.45, 7) is 7.10. The zero-order valence-corrected chi connectivity index (χ0v) is 12.2. The molecule has 0 radical (unpaired) electrons. The van der Waals surface area contributed by atoms with Crippen LogP contribution in [0.4, 0.5) is 5.69 Å². The number of nitrogens with zero attached hydrogens (tertiary/aromatic N) is 2. The first-order valence-electron chi connectivity index (χ1n) is 5.80. The maximum absolute atomic E-state index is 11.9. The van der Waals surface area contributed by atoms with Crippen molar-refractivity contribution in [3.63, 3.8) is 0 Å². The van der Waals surface area contributed by atoms with Gasteiger partial charge in [0, 0.05) is 10.4 Å². The van der Waals surface area contributed by atoms with Crippen molar-refractivity contribution in [2.45, 2.75) is 27.7 Å². The molecule has 0 amide bonds. The Morgan fingerprint density at radius 2 is 2.05 bits per heavy atom. The van der Waals surface area contributed by atoms with Gasteiger partial charge in [-0.1, -0.05) is 32.4 Å². The molecule has 100 valence electrons. The minimum absolute atomic E-state index is 0.137. The number of benzene rings is 1. The molecule has 1 N–H and O–H groups in total. The van der Waals surface area contributed by atoms with Gasteiger partial charge in [0.05, 0.1) is 5.69 Å². The standard InChI is InChI=1S/C14H16ClN3O/c1-9-7-10(15)5-6-11(9)17-18-12(8-16)13(19)14(2,3)4/h5-7,17H,1-4H3/b18-12+. The molecule has 0 aliphatic carbocycles. The van der Waals surface area contributed by atoms with E-state index >= 15 is 0 Å². The highest BCUT2D eigenvalue weighted by Gasteiger charge is 2.26. The van der Waals surface area contributed by atoms with Crippen LogP contribution in [0.2, 0.25) is 5.02 Å². The van der Waals surface area contributed by atoms with E-state index in [1.165, 1.54) is 0 Å². The largest absolute Gasteiger partial charge is 0.291 e. The monoisotopic (exact) mass is 277 g/mol. The summed E-state index contributed by atoms with van der Waals surface area (Å²) >= 11 is 5.85. The van der Waals surface area contributed by atoms with Crippen molar-refractivity contribution in [1.82, 2.24) is 0 Å². The summed E-state index contributed by atoms with van der Waals surface area (Å²) in [4.78, 5) is 11.9. The van der Waals surface area contributed by atoms with Crippen LogP contribution in [0, 0.1) is 23.7 Å². The third kappa shape index (κ3) is 4.08. The fourth-order valence-corrected chi connectivity index (χ4v) is 1.58. The summed E-state index contributed by atoms with van der Waals surface area (Å²) in [7, 11) is 0. The van der Waals surface area contributed by atoms with Crippen LogP contribution in [0.1, 0.15) is 26.3 Å². The van der Waals surface area contributed by atoms with Crippen LogP contribution in [-0.2, 0) is 4.79 Å². The number of Topliss-reactive ketones (excluding diaryl/α,β-unsaturated/α-hetero) is 1. The van der Waals surface area contributed by atoms with Crippen LogP contribution >= 0.6 is 11.6 Å². The van der Waals surface area contributed by atoms with E-state index in [2.05, 4.69) is 10.5 Å². The van der Waals surface area contributed by atoms with Gasteiger partial charge >= 0.3 is 0 Å². The van der Waals surface area contributed by atoms with E-state index in [0.717, 1.165) is 5.56 Å². The number of nitrogens with one attached hydrogen (secondary N) is 1. The number of hydrogen-bond acceptors (Lipinski definition) is 4. The predicted octanol–water partition coefficient (Wildman–Crippen LogP) is 3.56.